The zero-order valence-corrected chi connectivity index (χ0v) is 24.8. The molecule has 0 atom stereocenters. The topological polar surface area (TPSA) is 89.8 Å². The number of rotatable bonds is 11. The summed E-state index contributed by atoms with van der Waals surface area (Å²) in [5.74, 6) is -1.04. The van der Waals surface area contributed by atoms with Crippen LogP contribution in [0.2, 0.25) is 0 Å². The zero-order valence-electron chi connectivity index (χ0n) is 24.0. The van der Waals surface area contributed by atoms with Gasteiger partial charge in [0.05, 0.1) is 42.5 Å². The number of anilines is 1. The monoisotopic (exact) mass is 599 g/mol. The first-order valence-corrected chi connectivity index (χ1v) is 15.7. The van der Waals surface area contributed by atoms with Gasteiger partial charge in [0, 0.05) is 68.9 Å². The summed E-state index contributed by atoms with van der Waals surface area (Å²) in [6, 6.07) is 7.74. The van der Waals surface area contributed by atoms with Crippen molar-refractivity contribution in [3.63, 3.8) is 0 Å². The molecule has 3 aromatic heterocycles. The number of pyridine rings is 2. The number of ether oxygens (including phenoxy) is 2. The average Bonchev–Trinajstić information content (AvgIpc) is 3.36. The number of hydrogen-bond donors (Lipinski definition) is 0. The SMILES string of the molecule is CCCS(=O)(=O)Cc1ccc(F)c(-n2cc(-c3cncc(OC)c3)c3nc(N4CCN(CCOC)CC4)ccc32)c1F. The van der Waals surface area contributed by atoms with E-state index in [1.165, 1.54) is 17.7 Å². The maximum Gasteiger partial charge on any atom is 0.154 e. The molecule has 5 rings (SSSR count). The minimum atomic E-state index is -3.56. The Kier molecular flexibility index (Phi) is 9.05. The first kappa shape index (κ1) is 29.9. The quantitative estimate of drug-likeness (QED) is 0.250. The van der Waals surface area contributed by atoms with Gasteiger partial charge in [-0.3, -0.25) is 9.88 Å². The fourth-order valence-corrected chi connectivity index (χ4v) is 6.76. The van der Waals surface area contributed by atoms with Gasteiger partial charge in [-0.05, 0) is 30.7 Å². The summed E-state index contributed by atoms with van der Waals surface area (Å²) >= 11 is 0. The summed E-state index contributed by atoms with van der Waals surface area (Å²) in [6.07, 6.45) is 5.25. The van der Waals surface area contributed by atoms with Gasteiger partial charge in [-0.1, -0.05) is 13.0 Å². The van der Waals surface area contributed by atoms with Crippen molar-refractivity contribution in [2.45, 2.75) is 19.1 Å². The molecule has 0 aliphatic carbocycles. The molecule has 0 N–H and O–H groups in total. The van der Waals surface area contributed by atoms with Crippen molar-refractivity contribution >= 4 is 26.7 Å². The van der Waals surface area contributed by atoms with E-state index >= 15 is 8.78 Å². The lowest BCUT2D eigenvalue weighted by Crippen LogP contribution is -2.47. The van der Waals surface area contributed by atoms with E-state index in [4.69, 9.17) is 14.5 Å². The molecule has 4 heterocycles. The number of piperazine rings is 1. The third kappa shape index (κ3) is 6.25. The van der Waals surface area contributed by atoms with Crippen molar-refractivity contribution in [3.05, 3.63) is 66.1 Å². The van der Waals surface area contributed by atoms with E-state index < -0.39 is 27.2 Å². The van der Waals surface area contributed by atoms with E-state index in [2.05, 4.69) is 14.8 Å². The summed E-state index contributed by atoms with van der Waals surface area (Å²) < 4.78 is 68.3. The predicted octanol–water partition coefficient (Wildman–Crippen LogP) is 4.47. The molecular formula is C30H35F2N5O4S. The molecule has 0 bridgehead atoms. The number of hydrogen-bond acceptors (Lipinski definition) is 8. The third-order valence-electron chi connectivity index (χ3n) is 7.48. The second kappa shape index (κ2) is 12.7. The predicted molar refractivity (Wildman–Crippen MR) is 159 cm³/mol. The van der Waals surface area contributed by atoms with Crippen LogP contribution in [0.25, 0.3) is 27.8 Å². The largest absolute Gasteiger partial charge is 0.495 e. The Labute approximate surface area is 244 Å². The van der Waals surface area contributed by atoms with Crippen LogP contribution in [-0.2, 0) is 20.3 Å². The van der Waals surface area contributed by atoms with E-state index in [0.717, 1.165) is 44.6 Å². The summed E-state index contributed by atoms with van der Waals surface area (Å²) in [5.41, 5.74) is 1.85. The van der Waals surface area contributed by atoms with Gasteiger partial charge in [0.1, 0.15) is 23.1 Å². The molecule has 12 heteroatoms. The van der Waals surface area contributed by atoms with E-state index in [0.29, 0.717) is 40.9 Å². The van der Waals surface area contributed by atoms with E-state index in [9.17, 15) is 8.42 Å². The molecule has 1 aliphatic rings. The number of halogens is 2. The van der Waals surface area contributed by atoms with Crippen molar-refractivity contribution < 1.29 is 26.7 Å². The molecule has 1 aromatic carbocycles. The maximum atomic E-state index is 15.9. The Morgan fingerprint density at radius 2 is 1.81 bits per heavy atom. The standard InChI is InChI=1S/C30H35F2N5O4S/c1-4-15-42(38,39)20-21-5-6-25(31)30(28(21)32)37-19-24(22-16-23(41-3)18-33-17-22)29-26(37)7-8-27(34-29)36-11-9-35(10-12-36)13-14-40-2/h5-8,16-19H,4,9-15,20H2,1-3H3. The van der Waals surface area contributed by atoms with Crippen LogP contribution in [0.4, 0.5) is 14.6 Å². The van der Waals surface area contributed by atoms with Crippen molar-refractivity contribution in [3.8, 4) is 22.6 Å². The molecule has 224 valence electrons. The fraction of sp³-hybridized carbons (Fsp3) is 0.400. The first-order chi connectivity index (χ1) is 20.2. The second-order valence-electron chi connectivity index (χ2n) is 10.3. The molecular weight excluding hydrogens is 564 g/mol. The van der Waals surface area contributed by atoms with E-state index in [1.54, 1.807) is 44.8 Å². The molecule has 1 fully saturated rings. The van der Waals surface area contributed by atoms with Crippen LogP contribution in [0.1, 0.15) is 18.9 Å². The molecule has 1 aliphatic heterocycles. The Morgan fingerprint density at radius 3 is 2.52 bits per heavy atom. The highest BCUT2D eigenvalue weighted by Crippen LogP contribution is 2.36. The molecule has 4 aromatic rings. The number of methoxy groups -OCH3 is 2. The van der Waals surface area contributed by atoms with Gasteiger partial charge >= 0.3 is 0 Å². The van der Waals surface area contributed by atoms with Crippen LogP contribution in [0.5, 0.6) is 5.75 Å². The van der Waals surface area contributed by atoms with Crippen LogP contribution in [0.3, 0.4) is 0 Å². The van der Waals surface area contributed by atoms with E-state index in [-0.39, 0.29) is 17.0 Å². The molecule has 0 radical (unpaired) electrons. The normalized spacial score (nSPS) is 14.5. The van der Waals surface area contributed by atoms with Crippen LogP contribution >= 0.6 is 0 Å². The van der Waals surface area contributed by atoms with Crippen molar-refractivity contribution in [1.29, 1.82) is 0 Å². The Bertz CT molecular complexity index is 1670. The van der Waals surface area contributed by atoms with Crippen molar-refractivity contribution in [2.75, 3.05) is 64.2 Å². The van der Waals surface area contributed by atoms with Crippen LogP contribution in [-0.4, -0.2) is 87.2 Å². The Hall–Kier alpha value is -3.61. The van der Waals surface area contributed by atoms with Crippen LogP contribution in [0.15, 0.2) is 48.9 Å². The third-order valence-corrected chi connectivity index (χ3v) is 9.26. The Morgan fingerprint density at radius 1 is 1.02 bits per heavy atom. The van der Waals surface area contributed by atoms with Gasteiger partial charge in [0.2, 0.25) is 0 Å². The molecule has 42 heavy (non-hydrogen) atoms. The van der Waals surface area contributed by atoms with Gasteiger partial charge in [0.15, 0.2) is 15.7 Å². The number of sulfone groups is 1. The number of aromatic nitrogens is 3. The molecule has 1 saturated heterocycles. The van der Waals surface area contributed by atoms with Crippen LogP contribution in [0, 0.1) is 11.6 Å². The zero-order chi connectivity index (χ0) is 29.9. The second-order valence-corrected chi connectivity index (χ2v) is 12.5. The molecule has 0 spiro atoms. The number of nitrogens with zero attached hydrogens (tertiary/aromatic N) is 5. The lowest BCUT2D eigenvalue weighted by Gasteiger charge is -2.35. The average molecular weight is 600 g/mol. The van der Waals surface area contributed by atoms with Crippen molar-refractivity contribution in [1.82, 2.24) is 19.4 Å². The number of benzene rings is 1. The minimum absolute atomic E-state index is 0.0775. The summed E-state index contributed by atoms with van der Waals surface area (Å²) in [6.45, 7) is 6.55. The maximum absolute atomic E-state index is 15.9. The van der Waals surface area contributed by atoms with E-state index in [1.807, 2.05) is 6.07 Å². The molecule has 0 amide bonds. The summed E-state index contributed by atoms with van der Waals surface area (Å²) in [7, 11) is -0.325. The molecule has 0 saturated carbocycles. The van der Waals surface area contributed by atoms with Gasteiger partial charge < -0.3 is 18.9 Å². The van der Waals surface area contributed by atoms with Gasteiger partial charge in [0.25, 0.3) is 0 Å². The van der Waals surface area contributed by atoms with Gasteiger partial charge in [-0.2, -0.15) is 0 Å². The fourth-order valence-electron chi connectivity index (χ4n) is 5.30. The highest BCUT2D eigenvalue weighted by atomic mass is 32.2. The van der Waals surface area contributed by atoms with Crippen LogP contribution < -0.4 is 9.64 Å². The first-order valence-electron chi connectivity index (χ1n) is 13.9. The highest BCUT2D eigenvalue weighted by Gasteiger charge is 2.25. The smallest absolute Gasteiger partial charge is 0.154 e. The number of fused-ring (bicyclic) bond motifs is 1. The molecule has 0 unspecified atom stereocenters. The lowest BCUT2D eigenvalue weighted by molar-refractivity contribution is 0.144. The van der Waals surface area contributed by atoms with Gasteiger partial charge in [-0.25, -0.2) is 22.2 Å². The highest BCUT2D eigenvalue weighted by molar-refractivity contribution is 7.90. The molecule has 9 nitrogen and oxygen atoms in total. The lowest BCUT2D eigenvalue weighted by atomic mass is 10.1. The van der Waals surface area contributed by atoms with Crippen molar-refractivity contribution in [2.24, 2.45) is 0 Å². The summed E-state index contributed by atoms with van der Waals surface area (Å²) in [5, 5.41) is 0. The summed E-state index contributed by atoms with van der Waals surface area (Å²) in [4.78, 5) is 13.8. The Balaban J connectivity index is 1.61. The van der Waals surface area contributed by atoms with Gasteiger partial charge in [-0.15, -0.1) is 0 Å². The minimum Gasteiger partial charge on any atom is -0.495 e.